The summed E-state index contributed by atoms with van der Waals surface area (Å²) in [6.45, 7) is 10.9. The molecule has 0 saturated heterocycles. The highest BCUT2D eigenvalue weighted by atomic mass is 16.5. The summed E-state index contributed by atoms with van der Waals surface area (Å²) >= 11 is 0. The van der Waals surface area contributed by atoms with Crippen LogP contribution < -0.4 is 4.74 Å². The molecule has 0 aliphatic heterocycles. The van der Waals surface area contributed by atoms with Crippen molar-refractivity contribution in [1.29, 1.82) is 0 Å². The summed E-state index contributed by atoms with van der Waals surface area (Å²) in [6, 6.07) is 34.7. The minimum Gasteiger partial charge on any atom is -0.457 e. The number of aromatic nitrogens is 4. The van der Waals surface area contributed by atoms with Gasteiger partial charge in [-0.3, -0.25) is 4.57 Å². The summed E-state index contributed by atoms with van der Waals surface area (Å²) in [4.78, 5) is 4.81. The van der Waals surface area contributed by atoms with Crippen LogP contribution >= 0.6 is 0 Å². The minimum absolute atomic E-state index is 0.797. The SMILES string of the molecule is CCCCCc1cc(Oc2ccc3c4cc(CCCC)ccc4n(-c4cc(C)ccn4)c3c2)cc(-n2nc(C)c(-c3ccccc3)c2C)c1. The van der Waals surface area contributed by atoms with Gasteiger partial charge < -0.3 is 4.74 Å². The maximum absolute atomic E-state index is 6.77. The lowest BCUT2D eigenvalue weighted by Gasteiger charge is -2.13. The van der Waals surface area contributed by atoms with Gasteiger partial charge in [0.25, 0.3) is 0 Å². The van der Waals surface area contributed by atoms with Crippen LogP contribution in [0.15, 0.2) is 103 Å². The Balaban J connectivity index is 1.32. The lowest BCUT2D eigenvalue weighted by atomic mass is 10.0. The van der Waals surface area contributed by atoms with E-state index < -0.39 is 0 Å². The molecule has 49 heavy (non-hydrogen) atoms. The number of ether oxygens (including phenoxy) is 1. The van der Waals surface area contributed by atoms with Crippen molar-refractivity contribution >= 4 is 21.8 Å². The molecule has 5 heteroatoms. The topological polar surface area (TPSA) is 44.9 Å². The van der Waals surface area contributed by atoms with Crippen LogP contribution in [0.5, 0.6) is 11.5 Å². The third-order valence-electron chi connectivity index (χ3n) is 9.61. The van der Waals surface area contributed by atoms with E-state index in [0.29, 0.717) is 0 Å². The van der Waals surface area contributed by atoms with Gasteiger partial charge in [0.1, 0.15) is 17.3 Å². The van der Waals surface area contributed by atoms with Crippen LogP contribution in [0.2, 0.25) is 0 Å². The molecule has 0 N–H and O–H groups in total. The fourth-order valence-corrected chi connectivity index (χ4v) is 7.14. The van der Waals surface area contributed by atoms with E-state index in [-0.39, 0.29) is 0 Å². The zero-order chi connectivity index (χ0) is 33.9. The summed E-state index contributed by atoms with van der Waals surface area (Å²) in [5, 5.41) is 7.49. The molecule has 3 aromatic heterocycles. The second kappa shape index (κ2) is 14.1. The predicted molar refractivity (Wildman–Crippen MR) is 204 cm³/mol. The van der Waals surface area contributed by atoms with Crippen molar-refractivity contribution in [3.05, 3.63) is 131 Å². The summed E-state index contributed by atoms with van der Waals surface area (Å²) in [6.07, 6.45) is 9.87. The van der Waals surface area contributed by atoms with Crippen molar-refractivity contribution in [2.45, 2.75) is 79.6 Å². The monoisotopic (exact) mass is 646 g/mol. The third kappa shape index (κ3) is 6.63. The first kappa shape index (κ1) is 32.4. The molecule has 5 nitrogen and oxygen atoms in total. The Hall–Kier alpha value is -5.16. The van der Waals surface area contributed by atoms with Gasteiger partial charge in [-0.1, -0.05) is 69.5 Å². The van der Waals surface area contributed by atoms with E-state index in [1.54, 1.807) is 0 Å². The molecule has 0 aliphatic rings. The minimum atomic E-state index is 0.797. The van der Waals surface area contributed by atoms with Gasteiger partial charge in [-0.15, -0.1) is 0 Å². The first-order chi connectivity index (χ1) is 23.9. The fraction of sp³-hybridized carbons (Fsp3) is 0.273. The first-order valence-corrected chi connectivity index (χ1v) is 17.9. The highest BCUT2D eigenvalue weighted by molar-refractivity contribution is 6.09. The molecular weight excluding hydrogens is 601 g/mol. The quantitative estimate of drug-likeness (QED) is 0.124. The van der Waals surface area contributed by atoms with E-state index in [0.717, 1.165) is 64.7 Å². The molecule has 0 bridgehead atoms. The lowest BCUT2D eigenvalue weighted by molar-refractivity contribution is 0.482. The molecule has 7 aromatic rings. The number of unbranched alkanes of at least 4 members (excludes halogenated alkanes) is 3. The number of fused-ring (bicyclic) bond motifs is 3. The summed E-state index contributed by atoms with van der Waals surface area (Å²) in [5.41, 5.74) is 11.6. The zero-order valence-electron chi connectivity index (χ0n) is 29.5. The number of aryl methyl sites for hydroxylation is 4. The van der Waals surface area contributed by atoms with Crippen molar-refractivity contribution in [3.8, 4) is 34.1 Å². The normalized spacial score (nSPS) is 11.5. The molecule has 248 valence electrons. The van der Waals surface area contributed by atoms with E-state index in [9.17, 15) is 0 Å². The Morgan fingerprint density at radius 3 is 2.27 bits per heavy atom. The number of benzene rings is 4. The molecule has 7 rings (SSSR count). The fourth-order valence-electron chi connectivity index (χ4n) is 7.14. The molecule has 0 radical (unpaired) electrons. The largest absolute Gasteiger partial charge is 0.457 e. The van der Waals surface area contributed by atoms with Gasteiger partial charge in [0.2, 0.25) is 0 Å². The Morgan fingerprint density at radius 1 is 0.653 bits per heavy atom. The molecule has 3 heterocycles. The maximum Gasteiger partial charge on any atom is 0.137 e. The molecule has 0 unspecified atom stereocenters. The van der Waals surface area contributed by atoms with E-state index in [4.69, 9.17) is 14.8 Å². The van der Waals surface area contributed by atoms with Crippen molar-refractivity contribution in [1.82, 2.24) is 19.3 Å². The van der Waals surface area contributed by atoms with Crippen LogP contribution in [-0.2, 0) is 12.8 Å². The molecule has 0 saturated carbocycles. The Kier molecular flexibility index (Phi) is 9.34. The highest BCUT2D eigenvalue weighted by Gasteiger charge is 2.18. The van der Waals surface area contributed by atoms with Gasteiger partial charge in [0.05, 0.1) is 22.4 Å². The Morgan fingerprint density at radius 2 is 1.47 bits per heavy atom. The third-order valence-corrected chi connectivity index (χ3v) is 9.61. The van der Waals surface area contributed by atoms with Crippen LogP contribution in [-0.4, -0.2) is 19.3 Å². The van der Waals surface area contributed by atoms with Crippen molar-refractivity contribution in [3.63, 3.8) is 0 Å². The van der Waals surface area contributed by atoms with Crippen LogP contribution in [0.3, 0.4) is 0 Å². The number of pyridine rings is 1. The van der Waals surface area contributed by atoms with Gasteiger partial charge in [-0.25, -0.2) is 9.67 Å². The number of nitrogens with zero attached hydrogens (tertiary/aromatic N) is 4. The van der Waals surface area contributed by atoms with Crippen LogP contribution in [0, 0.1) is 20.8 Å². The first-order valence-electron chi connectivity index (χ1n) is 17.9. The number of rotatable bonds is 12. The second-order valence-electron chi connectivity index (χ2n) is 13.4. The zero-order valence-corrected chi connectivity index (χ0v) is 29.5. The highest BCUT2D eigenvalue weighted by Crippen LogP contribution is 2.37. The summed E-state index contributed by atoms with van der Waals surface area (Å²) in [5.74, 6) is 2.53. The predicted octanol–water partition coefficient (Wildman–Crippen LogP) is 11.8. The summed E-state index contributed by atoms with van der Waals surface area (Å²) < 4.78 is 11.1. The van der Waals surface area contributed by atoms with Crippen LogP contribution in [0.25, 0.3) is 44.4 Å². The average molecular weight is 647 g/mol. The van der Waals surface area contributed by atoms with Gasteiger partial charge in [0, 0.05) is 40.4 Å². The van der Waals surface area contributed by atoms with Gasteiger partial charge >= 0.3 is 0 Å². The molecule has 0 fully saturated rings. The smallest absolute Gasteiger partial charge is 0.137 e. The Labute approximate surface area is 290 Å². The maximum atomic E-state index is 6.77. The molecule has 4 aromatic carbocycles. The molecular formula is C44H46N4O. The van der Waals surface area contributed by atoms with E-state index in [2.05, 4.69) is 135 Å². The van der Waals surface area contributed by atoms with Gasteiger partial charge in [-0.05, 0) is 117 Å². The molecule has 0 atom stereocenters. The van der Waals surface area contributed by atoms with Crippen LogP contribution in [0.4, 0.5) is 0 Å². The van der Waals surface area contributed by atoms with E-state index in [1.165, 1.54) is 64.3 Å². The summed E-state index contributed by atoms with van der Waals surface area (Å²) in [7, 11) is 0. The van der Waals surface area contributed by atoms with Crippen molar-refractivity contribution in [2.24, 2.45) is 0 Å². The molecule has 0 spiro atoms. The second-order valence-corrected chi connectivity index (χ2v) is 13.4. The standard InChI is InChI=1S/C44H46N4O/c1-6-8-11-15-34-25-36(48-32(5)44(31(4)46-48)35-16-12-10-13-17-35)28-38(26-34)49-37-19-20-39-40-27-33(14-9-7-2)18-21-41(40)47(42(39)29-37)43-24-30(3)22-23-45-43/h10,12-13,16-29H,6-9,11,14-15H2,1-5H3. The van der Waals surface area contributed by atoms with Gasteiger partial charge in [-0.2, -0.15) is 5.10 Å². The lowest BCUT2D eigenvalue weighted by Crippen LogP contribution is -2.02. The molecule has 0 aliphatic carbocycles. The number of hydrogen-bond acceptors (Lipinski definition) is 3. The number of hydrogen-bond donors (Lipinski definition) is 0. The van der Waals surface area contributed by atoms with Crippen molar-refractivity contribution in [2.75, 3.05) is 0 Å². The van der Waals surface area contributed by atoms with E-state index in [1.807, 2.05) is 12.3 Å². The van der Waals surface area contributed by atoms with Crippen molar-refractivity contribution < 1.29 is 4.74 Å². The average Bonchev–Trinajstić information content (AvgIpc) is 3.59. The van der Waals surface area contributed by atoms with E-state index >= 15 is 0 Å². The van der Waals surface area contributed by atoms with Gasteiger partial charge in [0.15, 0.2) is 0 Å². The molecule has 0 amide bonds. The van der Waals surface area contributed by atoms with Crippen LogP contribution in [0.1, 0.15) is 74.0 Å². The Bertz CT molecular complexity index is 2240.